The van der Waals surface area contributed by atoms with Crippen molar-refractivity contribution in [2.45, 2.75) is 12.6 Å². The molecule has 0 aliphatic heterocycles. The topological polar surface area (TPSA) is 97.8 Å². The van der Waals surface area contributed by atoms with Gasteiger partial charge in [-0.3, -0.25) is 15.2 Å². The Morgan fingerprint density at radius 1 is 1.85 bits per heavy atom. The Kier molecular flexibility index (Phi) is 2.91. The summed E-state index contributed by atoms with van der Waals surface area (Å²) in [4.78, 5) is 9.66. The monoisotopic (exact) mass is 188 g/mol. The molecule has 1 atom stereocenters. The summed E-state index contributed by atoms with van der Waals surface area (Å²) >= 11 is 0. The first-order chi connectivity index (χ1) is 6.16. The molecule has 1 heterocycles. The fourth-order valence-electron chi connectivity index (χ4n) is 0.956. The molecule has 0 bridgehead atoms. The van der Waals surface area contributed by atoms with Gasteiger partial charge in [0, 0.05) is 0 Å². The van der Waals surface area contributed by atoms with E-state index in [1.54, 1.807) is 0 Å². The maximum atomic E-state index is 13.1. The Morgan fingerprint density at radius 3 is 3.08 bits per heavy atom. The van der Waals surface area contributed by atoms with Gasteiger partial charge in [-0.25, -0.2) is 4.39 Å². The van der Waals surface area contributed by atoms with E-state index >= 15 is 0 Å². The first kappa shape index (κ1) is 9.59. The first-order valence-electron chi connectivity index (χ1n) is 3.68. The Bertz CT molecular complexity index is 301. The van der Waals surface area contributed by atoms with Gasteiger partial charge in [0.1, 0.15) is 18.1 Å². The fraction of sp³-hybridized carbons (Fsp3) is 0.500. The summed E-state index contributed by atoms with van der Waals surface area (Å²) in [6.07, 6.45) is -0.422. The second kappa shape index (κ2) is 3.94. The molecule has 1 aromatic rings. The number of nitrogens with two attached hydrogens (primary N) is 1. The third-order valence-corrected chi connectivity index (χ3v) is 1.58. The number of hydrogen-bond donors (Lipinski definition) is 2. The van der Waals surface area contributed by atoms with Crippen LogP contribution in [0.4, 0.5) is 10.1 Å². The van der Waals surface area contributed by atoms with Crippen molar-refractivity contribution in [3.63, 3.8) is 0 Å². The van der Waals surface area contributed by atoms with Crippen LogP contribution >= 0.6 is 0 Å². The molecule has 13 heavy (non-hydrogen) atoms. The van der Waals surface area contributed by atoms with E-state index < -0.39 is 11.1 Å². The molecule has 0 aromatic carbocycles. The number of halogens is 1. The van der Waals surface area contributed by atoms with Crippen LogP contribution in [-0.4, -0.2) is 21.7 Å². The number of hydrogen-bond acceptors (Lipinski definition) is 4. The third-order valence-electron chi connectivity index (χ3n) is 1.58. The van der Waals surface area contributed by atoms with Gasteiger partial charge in [-0.05, 0) is 13.0 Å². The van der Waals surface area contributed by atoms with Crippen molar-refractivity contribution in [1.29, 1.82) is 0 Å². The maximum absolute atomic E-state index is 13.1. The van der Waals surface area contributed by atoms with Crippen LogP contribution in [0, 0.1) is 10.1 Å². The molecule has 0 saturated heterocycles. The van der Waals surface area contributed by atoms with Crippen LogP contribution < -0.4 is 5.73 Å². The lowest BCUT2D eigenvalue weighted by Gasteiger charge is -2.01. The molecule has 0 fully saturated rings. The minimum Gasteiger partial charge on any atom is -0.330 e. The molecule has 1 unspecified atom stereocenters. The molecular formula is C6H9FN4O2. The first-order valence-corrected chi connectivity index (χ1v) is 3.68. The number of aromatic nitrogens is 2. The van der Waals surface area contributed by atoms with E-state index in [9.17, 15) is 14.5 Å². The summed E-state index contributed by atoms with van der Waals surface area (Å²) in [6, 6.07) is 0. The summed E-state index contributed by atoms with van der Waals surface area (Å²) < 4.78 is 13.1. The molecule has 7 heteroatoms. The van der Waals surface area contributed by atoms with Crippen molar-refractivity contribution in [2.24, 2.45) is 5.73 Å². The number of nitrogens with zero attached hydrogens (tertiary/aromatic N) is 2. The Hall–Kier alpha value is -1.50. The molecular weight excluding hydrogens is 179 g/mol. The van der Waals surface area contributed by atoms with Gasteiger partial charge >= 0.3 is 5.69 Å². The van der Waals surface area contributed by atoms with Gasteiger partial charge in [0.05, 0.1) is 4.92 Å². The number of alkyl halides is 1. The molecule has 0 spiro atoms. The minimum atomic E-state index is -1.45. The Labute approximate surface area is 73.1 Å². The number of aromatic amines is 1. The van der Waals surface area contributed by atoms with Gasteiger partial charge in [0.25, 0.3) is 0 Å². The summed E-state index contributed by atoms with van der Waals surface area (Å²) in [5, 5.41) is 16.0. The number of nitro groups is 1. The van der Waals surface area contributed by atoms with Crippen LogP contribution in [-0.2, 0) is 0 Å². The second-order valence-corrected chi connectivity index (χ2v) is 2.47. The molecule has 3 N–H and O–H groups in total. The van der Waals surface area contributed by atoms with Gasteiger partial charge in [0.2, 0.25) is 0 Å². The van der Waals surface area contributed by atoms with Crippen LogP contribution in [0.3, 0.4) is 0 Å². The van der Waals surface area contributed by atoms with Crippen molar-refractivity contribution >= 4 is 5.69 Å². The highest BCUT2D eigenvalue weighted by Crippen LogP contribution is 2.26. The average molecular weight is 188 g/mol. The van der Waals surface area contributed by atoms with Crippen LogP contribution in [0.5, 0.6) is 0 Å². The molecule has 0 aliphatic carbocycles. The SMILES string of the molecule is NCCC(F)c1[nH]ncc1[N+](=O)[O-]. The van der Waals surface area contributed by atoms with Crippen LogP contribution in [0.25, 0.3) is 0 Å². The Balaban J connectivity index is 2.86. The van der Waals surface area contributed by atoms with E-state index in [1.165, 1.54) is 0 Å². The highest BCUT2D eigenvalue weighted by Gasteiger charge is 2.23. The van der Waals surface area contributed by atoms with Gasteiger partial charge in [-0.2, -0.15) is 5.10 Å². The Morgan fingerprint density at radius 2 is 2.54 bits per heavy atom. The predicted molar refractivity (Wildman–Crippen MR) is 42.8 cm³/mol. The van der Waals surface area contributed by atoms with Crippen molar-refractivity contribution in [2.75, 3.05) is 6.54 Å². The standard InChI is InChI=1S/C6H9FN4O2/c7-4(1-2-8)6-5(11(12)13)3-9-10-6/h3-4H,1-2,8H2,(H,9,10). The summed E-state index contributed by atoms with van der Waals surface area (Å²) in [7, 11) is 0. The van der Waals surface area contributed by atoms with E-state index in [2.05, 4.69) is 10.2 Å². The normalized spacial score (nSPS) is 12.8. The molecule has 0 aliphatic rings. The summed E-state index contributed by atoms with van der Waals surface area (Å²) in [5.41, 5.74) is 4.67. The van der Waals surface area contributed by atoms with E-state index in [0.29, 0.717) is 0 Å². The lowest BCUT2D eigenvalue weighted by molar-refractivity contribution is -0.386. The molecule has 72 valence electrons. The summed E-state index contributed by atoms with van der Waals surface area (Å²) in [5.74, 6) is 0. The van der Waals surface area contributed by atoms with E-state index in [-0.39, 0.29) is 24.3 Å². The smallest absolute Gasteiger partial charge is 0.312 e. The molecule has 1 rings (SSSR count). The van der Waals surface area contributed by atoms with E-state index in [4.69, 9.17) is 5.73 Å². The highest BCUT2D eigenvalue weighted by molar-refractivity contribution is 5.33. The van der Waals surface area contributed by atoms with Crippen LogP contribution in [0.1, 0.15) is 18.3 Å². The quantitative estimate of drug-likeness (QED) is 0.536. The minimum absolute atomic E-state index is 0.0447. The molecule has 6 nitrogen and oxygen atoms in total. The largest absolute Gasteiger partial charge is 0.330 e. The number of nitrogens with one attached hydrogen (secondary N) is 1. The van der Waals surface area contributed by atoms with Gasteiger partial charge in [-0.1, -0.05) is 0 Å². The van der Waals surface area contributed by atoms with Crippen molar-refractivity contribution in [3.8, 4) is 0 Å². The van der Waals surface area contributed by atoms with Crippen LogP contribution in [0.15, 0.2) is 6.20 Å². The van der Waals surface area contributed by atoms with Gasteiger partial charge < -0.3 is 5.73 Å². The van der Waals surface area contributed by atoms with E-state index in [1.807, 2.05) is 0 Å². The molecule has 0 radical (unpaired) electrons. The predicted octanol–water partition coefficient (Wildman–Crippen LogP) is 0.677. The zero-order valence-corrected chi connectivity index (χ0v) is 6.74. The zero-order valence-electron chi connectivity index (χ0n) is 6.74. The second-order valence-electron chi connectivity index (χ2n) is 2.47. The lowest BCUT2D eigenvalue weighted by Crippen LogP contribution is -2.05. The van der Waals surface area contributed by atoms with Gasteiger partial charge in [-0.15, -0.1) is 0 Å². The van der Waals surface area contributed by atoms with E-state index in [0.717, 1.165) is 6.20 Å². The van der Waals surface area contributed by atoms with Crippen LogP contribution in [0.2, 0.25) is 0 Å². The maximum Gasteiger partial charge on any atom is 0.312 e. The molecule has 0 amide bonds. The highest BCUT2D eigenvalue weighted by atomic mass is 19.1. The zero-order chi connectivity index (χ0) is 9.84. The van der Waals surface area contributed by atoms with Crippen molar-refractivity contribution < 1.29 is 9.31 Å². The average Bonchev–Trinajstić information content (AvgIpc) is 2.52. The molecule has 1 aromatic heterocycles. The number of H-pyrrole nitrogens is 1. The number of rotatable bonds is 4. The van der Waals surface area contributed by atoms with Crippen molar-refractivity contribution in [3.05, 3.63) is 22.0 Å². The third kappa shape index (κ3) is 2.00. The molecule has 0 saturated carbocycles. The van der Waals surface area contributed by atoms with Gasteiger partial charge in [0.15, 0.2) is 0 Å². The van der Waals surface area contributed by atoms with Crippen molar-refractivity contribution in [1.82, 2.24) is 10.2 Å². The fourth-order valence-corrected chi connectivity index (χ4v) is 0.956. The summed E-state index contributed by atoms with van der Waals surface area (Å²) in [6.45, 7) is 0.136. The lowest BCUT2D eigenvalue weighted by atomic mass is 10.2.